The van der Waals surface area contributed by atoms with Gasteiger partial charge in [0.2, 0.25) is 10.0 Å². The number of nitrogens with two attached hydrogens (primary N) is 1. The Labute approximate surface area is 205 Å². The number of carboxylic acid groups (broad SMARTS) is 1. The molecule has 0 unspecified atom stereocenters. The largest absolute Gasteiger partial charge is 0.481 e. The summed E-state index contributed by atoms with van der Waals surface area (Å²) in [5.41, 5.74) is 9.92. The number of hydrogen-bond donors (Lipinski definition) is 2. The van der Waals surface area contributed by atoms with E-state index in [1.807, 2.05) is 40.1 Å². The number of pyridine rings is 1. The Hall–Kier alpha value is -3.28. The van der Waals surface area contributed by atoms with Crippen LogP contribution in [0.2, 0.25) is 0 Å². The number of nitrogen functional groups attached to an aromatic ring is 1. The van der Waals surface area contributed by atoms with E-state index < -0.39 is 16.0 Å². The van der Waals surface area contributed by atoms with Crippen molar-refractivity contribution in [2.24, 2.45) is 0 Å². The average molecular weight is 502 g/mol. The fourth-order valence-corrected chi connectivity index (χ4v) is 5.40. The molecule has 3 heterocycles. The van der Waals surface area contributed by atoms with Crippen LogP contribution in [-0.2, 0) is 14.8 Å². The minimum absolute atomic E-state index is 0.230. The summed E-state index contributed by atoms with van der Waals surface area (Å²) in [6.07, 6.45) is 2.48. The van der Waals surface area contributed by atoms with Crippen LogP contribution < -0.4 is 5.73 Å². The molecule has 0 saturated carbocycles. The second-order valence-corrected chi connectivity index (χ2v) is 10.7. The first kappa shape index (κ1) is 26.3. The Morgan fingerprint density at radius 2 is 1.89 bits per heavy atom. The van der Waals surface area contributed by atoms with Crippen molar-refractivity contribution in [1.29, 1.82) is 0 Å². The molecule has 0 spiro atoms. The monoisotopic (exact) mass is 501 g/mol. The number of likely N-dealkylation sites (N-methyl/N-ethyl adjacent to an activating group) is 1. The smallest absolute Gasteiger partial charge is 0.300 e. The first-order chi connectivity index (χ1) is 16.4. The standard InChI is InChI=1S/C22H27N5O3S.C2H4O2/c1-14-5-6-18(31(28,29)27-8-7-17(13-27)26(3)4)11-19(14)16-10-20(22(23)24-12-16)21-9-15(2)25-30-21;1-2(3)4/h5-6,9-12,17H,7-8,13H2,1-4H3,(H2,23,24);1H3,(H,3,4)/t17-;/m0./s1. The van der Waals surface area contributed by atoms with Crippen LogP contribution in [0.25, 0.3) is 22.5 Å². The molecular weight excluding hydrogens is 470 g/mol. The normalized spacial score (nSPS) is 16.2. The van der Waals surface area contributed by atoms with Crippen molar-refractivity contribution in [2.45, 2.75) is 38.1 Å². The molecule has 1 fully saturated rings. The summed E-state index contributed by atoms with van der Waals surface area (Å²) in [6, 6.07) is 9.10. The first-order valence-corrected chi connectivity index (χ1v) is 12.5. The van der Waals surface area contributed by atoms with E-state index in [9.17, 15) is 8.42 Å². The number of aliphatic carboxylic acids is 1. The Kier molecular flexibility index (Phi) is 7.93. The maximum absolute atomic E-state index is 13.3. The van der Waals surface area contributed by atoms with E-state index >= 15 is 0 Å². The number of anilines is 1. The summed E-state index contributed by atoms with van der Waals surface area (Å²) in [4.78, 5) is 15.7. The maximum atomic E-state index is 13.3. The zero-order valence-corrected chi connectivity index (χ0v) is 21.3. The van der Waals surface area contributed by atoms with Crippen molar-refractivity contribution in [2.75, 3.05) is 32.9 Å². The molecule has 1 saturated heterocycles. The zero-order chi connectivity index (χ0) is 25.9. The van der Waals surface area contributed by atoms with Crippen LogP contribution in [0.4, 0.5) is 5.82 Å². The van der Waals surface area contributed by atoms with Crippen LogP contribution in [0.1, 0.15) is 24.6 Å². The van der Waals surface area contributed by atoms with Gasteiger partial charge in [0.1, 0.15) is 5.82 Å². The topological polar surface area (TPSA) is 143 Å². The minimum Gasteiger partial charge on any atom is -0.481 e. The molecule has 3 N–H and O–H groups in total. The van der Waals surface area contributed by atoms with Gasteiger partial charge in [0.25, 0.3) is 5.97 Å². The van der Waals surface area contributed by atoms with Crippen LogP contribution in [0.5, 0.6) is 0 Å². The first-order valence-electron chi connectivity index (χ1n) is 11.1. The van der Waals surface area contributed by atoms with Gasteiger partial charge in [-0.25, -0.2) is 13.4 Å². The number of carboxylic acids is 1. The minimum atomic E-state index is -3.59. The fraction of sp³-hybridized carbons (Fsp3) is 0.375. The van der Waals surface area contributed by atoms with Crippen molar-refractivity contribution in [3.63, 3.8) is 0 Å². The van der Waals surface area contributed by atoms with Crippen molar-refractivity contribution in [1.82, 2.24) is 19.3 Å². The van der Waals surface area contributed by atoms with Crippen LogP contribution in [-0.4, -0.2) is 72.1 Å². The number of benzene rings is 1. The summed E-state index contributed by atoms with van der Waals surface area (Å²) in [7, 11) is 0.371. The van der Waals surface area contributed by atoms with Gasteiger partial charge < -0.3 is 20.3 Å². The molecule has 0 amide bonds. The summed E-state index contributed by atoms with van der Waals surface area (Å²) in [5.74, 6) is 0.0192. The number of rotatable bonds is 5. The Balaban J connectivity index is 0.000000795. The Morgan fingerprint density at radius 3 is 2.46 bits per heavy atom. The highest BCUT2D eigenvalue weighted by atomic mass is 32.2. The second-order valence-electron chi connectivity index (χ2n) is 8.75. The van der Waals surface area contributed by atoms with Gasteiger partial charge >= 0.3 is 0 Å². The molecule has 188 valence electrons. The highest BCUT2D eigenvalue weighted by Crippen LogP contribution is 2.33. The van der Waals surface area contributed by atoms with Crippen LogP contribution in [0, 0.1) is 13.8 Å². The van der Waals surface area contributed by atoms with E-state index in [-0.39, 0.29) is 10.9 Å². The summed E-state index contributed by atoms with van der Waals surface area (Å²) in [5, 5.41) is 11.3. The molecule has 3 aromatic rings. The van der Waals surface area contributed by atoms with Gasteiger partial charge in [-0.2, -0.15) is 4.31 Å². The lowest BCUT2D eigenvalue weighted by atomic mass is 10.00. The summed E-state index contributed by atoms with van der Waals surface area (Å²) < 4.78 is 33.5. The lowest BCUT2D eigenvalue weighted by Gasteiger charge is -2.21. The summed E-state index contributed by atoms with van der Waals surface area (Å²) in [6.45, 7) is 5.88. The Bertz CT molecular complexity index is 1320. The van der Waals surface area contributed by atoms with Crippen LogP contribution in [0.3, 0.4) is 0 Å². The fourth-order valence-electron chi connectivity index (χ4n) is 3.88. The molecule has 2 aromatic heterocycles. The van der Waals surface area contributed by atoms with Gasteiger partial charge in [0.15, 0.2) is 5.76 Å². The van der Waals surface area contributed by atoms with Crippen molar-refractivity contribution in [3.8, 4) is 22.5 Å². The predicted molar refractivity (Wildman–Crippen MR) is 133 cm³/mol. The van der Waals surface area contributed by atoms with E-state index in [1.54, 1.807) is 28.7 Å². The van der Waals surface area contributed by atoms with Crippen molar-refractivity contribution >= 4 is 21.8 Å². The molecule has 10 nitrogen and oxygen atoms in total. The molecule has 0 aliphatic carbocycles. The van der Waals surface area contributed by atoms with Crippen LogP contribution >= 0.6 is 0 Å². The molecule has 4 rings (SSSR count). The molecule has 35 heavy (non-hydrogen) atoms. The lowest BCUT2D eigenvalue weighted by Crippen LogP contribution is -2.34. The van der Waals surface area contributed by atoms with Gasteiger partial charge in [-0.15, -0.1) is 0 Å². The third-order valence-electron chi connectivity index (χ3n) is 5.83. The predicted octanol–water partition coefficient (Wildman–Crippen LogP) is 3.02. The molecule has 0 bridgehead atoms. The molecule has 0 radical (unpaired) electrons. The SMILES string of the molecule is CC(=O)O.Cc1cc(-c2cc(-c3cc(S(=O)(=O)N4CC[C@H](N(C)C)C4)ccc3C)cnc2N)on1. The molecule has 1 atom stereocenters. The number of sulfonamides is 1. The maximum Gasteiger partial charge on any atom is 0.300 e. The van der Waals surface area contributed by atoms with Gasteiger partial charge in [-0.3, -0.25) is 4.79 Å². The van der Waals surface area contributed by atoms with E-state index in [4.69, 9.17) is 20.2 Å². The molecule has 1 aliphatic rings. The highest BCUT2D eigenvalue weighted by molar-refractivity contribution is 7.89. The van der Waals surface area contributed by atoms with E-state index in [1.165, 1.54) is 0 Å². The summed E-state index contributed by atoms with van der Waals surface area (Å²) >= 11 is 0. The van der Waals surface area contributed by atoms with Crippen molar-refractivity contribution < 1.29 is 22.8 Å². The van der Waals surface area contributed by atoms with E-state index in [0.717, 1.165) is 35.7 Å². The Morgan fingerprint density at radius 1 is 1.20 bits per heavy atom. The number of aromatic nitrogens is 2. The average Bonchev–Trinajstić information content (AvgIpc) is 3.44. The van der Waals surface area contributed by atoms with Crippen molar-refractivity contribution in [3.05, 3.63) is 47.8 Å². The molecule has 1 aromatic carbocycles. The molecule has 1 aliphatic heterocycles. The van der Waals surface area contributed by atoms with E-state index in [0.29, 0.717) is 30.2 Å². The number of nitrogens with zero attached hydrogens (tertiary/aromatic N) is 4. The lowest BCUT2D eigenvalue weighted by molar-refractivity contribution is -0.134. The van der Waals surface area contributed by atoms with E-state index in [2.05, 4.69) is 15.0 Å². The van der Waals surface area contributed by atoms with Gasteiger partial charge in [0.05, 0.1) is 16.2 Å². The van der Waals surface area contributed by atoms with Gasteiger partial charge in [-0.05, 0) is 63.7 Å². The second kappa shape index (κ2) is 10.5. The molecular formula is C24H31N5O5S. The number of carbonyl (C=O) groups is 1. The highest BCUT2D eigenvalue weighted by Gasteiger charge is 2.33. The van der Waals surface area contributed by atoms with Gasteiger partial charge in [0, 0.05) is 43.9 Å². The van der Waals surface area contributed by atoms with Gasteiger partial charge in [-0.1, -0.05) is 11.2 Å². The number of hydrogen-bond acceptors (Lipinski definition) is 8. The molecule has 11 heteroatoms. The number of aryl methyl sites for hydroxylation is 2. The third kappa shape index (κ3) is 6.05. The third-order valence-corrected chi connectivity index (χ3v) is 7.69. The quantitative estimate of drug-likeness (QED) is 0.539. The van der Waals surface area contributed by atoms with Crippen LogP contribution in [0.15, 0.2) is 45.9 Å². The zero-order valence-electron chi connectivity index (χ0n) is 20.5.